The molecule has 1 saturated carbocycles. The van der Waals surface area contributed by atoms with E-state index < -0.39 is 0 Å². The quantitative estimate of drug-likeness (QED) is 0.897. The third kappa shape index (κ3) is 2.30. The number of hydrogen-bond donors (Lipinski definition) is 1. The van der Waals surface area contributed by atoms with Gasteiger partial charge in [-0.15, -0.1) is 0 Å². The zero-order chi connectivity index (χ0) is 13.4. The molecular weight excluding hydrogens is 238 g/mol. The van der Waals surface area contributed by atoms with Crippen molar-refractivity contribution in [1.82, 2.24) is 9.97 Å². The van der Waals surface area contributed by atoms with Crippen LogP contribution in [0.3, 0.4) is 0 Å². The Bertz CT molecular complexity index is 647. The Hall–Kier alpha value is -1.97. The largest absolute Gasteiger partial charge is 0.310 e. The van der Waals surface area contributed by atoms with Crippen molar-refractivity contribution in [2.75, 3.05) is 5.32 Å². The second-order valence-electron chi connectivity index (χ2n) is 5.27. The van der Waals surface area contributed by atoms with Crippen LogP contribution in [0.1, 0.15) is 30.5 Å². The molecule has 2 heterocycles. The molecule has 3 rings (SSSR count). The molecule has 0 aromatic carbocycles. The minimum Gasteiger partial charge on any atom is -0.310 e. The maximum atomic E-state index is 11.9. The van der Waals surface area contributed by atoms with Gasteiger partial charge in [-0.2, -0.15) is 0 Å². The third-order valence-corrected chi connectivity index (χ3v) is 3.73. The van der Waals surface area contributed by atoms with Crippen LogP contribution in [0.5, 0.6) is 0 Å². The lowest BCUT2D eigenvalue weighted by molar-refractivity contribution is -0.122. The monoisotopic (exact) mass is 255 g/mol. The van der Waals surface area contributed by atoms with Gasteiger partial charge in [0.15, 0.2) is 5.65 Å². The number of rotatable bonds is 2. The van der Waals surface area contributed by atoms with Gasteiger partial charge in [0.05, 0.1) is 0 Å². The van der Waals surface area contributed by atoms with Gasteiger partial charge in [0.25, 0.3) is 0 Å². The molecule has 2 aromatic heterocycles. The number of carbonyl (C=O) groups excluding carboxylic acids is 1. The van der Waals surface area contributed by atoms with E-state index in [9.17, 15) is 4.79 Å². The number of amides is 1. The normalized spacial score (nSPS) is 15.3. The van der Waals surface area contributed by atoms with Crippen molar-refractivity contribution >= 4 is 22.8 Å². The molecule has 0 unspecified atom stereocenters. The van der Waals surface area contributed by atoms with Crippen LogP contribution in [0.4, 0.5) is 5.82 Å². The maximum absolute atomic E-state index is 11.9. The fourth-order valence-corrected chi connectivity index (χ4v) is 2.40. The molecule has 1 aliphatic rings. The maximum Gasteiger partial charge on any atom is 0.228 e. The van der Waals surface area contributed by atoms with E-state index in [-0.39, 0.29) is 11.8 Å². The number of nitrogens with zero attached hydrogens (tertiary/aromatic N) is 2. The molecule has 98 valence electrons. The van der Waals surface area contributed by atoms with Gasteiger partial charge in [-0.05, 0) is 50.5 Å². The topological polar surface area (TPSA) is 54.9 Å². The standard InChI is InChI=1S/C15H17N3O/c1-9-8-10(2)16-14-12(9)6-7-13(17-14)18-15(19)11-4-3-5-11/h6-8,11H,3-5H2,1-2H3,(H,16,17,18,19). The number of aryl methyl sites for hydroxylation is 2. The fraction of sp³-hybridized carbons (Fsp3) is 0.400. The zero-order valence-corrected chi connectivity index (χ0v) is 11.2. The average molecular weight is 255 g/mol. The highest BCUT2D eigenvalue weighted by atomic mass is 16.2. The van der Waals surface area contributed by atoms with E-state index in [4.69, 9.17) is 0 Å². The van der Waals surface area contributed by atoms with Gasteiger partial charge in [0, 0.05) is 17.0 Å². The predicted octanol–water partition coefficient (Wildman–Crippen LogP) is 2.99. The fourth-order valence-electron chi connectivity index (χ4n) is 2.40. The molecule has 1 amide bonds. The number of pyridine rings is 2. The summed E-state index contributed by atoms with van der Waals surface area (Å²) in [5, 5.41) is 3.92. The van der Waals surface area contributed by atoms with Gasteiger partial charge in [-0.25, -0.2) is 9.97 Å². The highest BCUT2D eigenvalue weighted by Crippen LogP contribution is 2.27. The van der Waals surface area contributed by atoms with Crippen molar-refractivity contribution in [2.45, 2.75) is 33.1 Å². The minimum atomic E-state index is 0.0856. The SMILES string of the molecule is Cc1cc(C)c2ccc(NC(=O)C3CCC3)nc2n1. The Labute approximate surface area is 112 Å². The molecule has 0 atom stereocenters. The number of nitrogens with one attached hydrogen (secondary N) is 1. The molecule has 1 aliphatic carbocycles. The number of fused-ring (bicyclic) bond motifs is 1. The molecule has 0 radical (unpaired) electrons. The molecule has 0 spiro atoms. The van der Waals surface area contributed by atoms with Crippen LogP contribution < -0.4 is 5.32 Å². The summed E-state index contributed by atoms with van der Waals surface area (Å²) in [7, 11) is 0. The van der Waals surface area contributed by atoms with Crippen LogP contribution in [0.25, 0.3) is 11.0 Å². The van der Waals surface area contributed by atoms with E-state index in [1.165, 1.54) is 0 Å². The Morgan fingerprint density at radius 1 is 1.26 bits per heavy atom. The van der Waals surface area contributed by atoms with Gasteiger partial charge in [-0.3, -0.25) is 4.79 Å². The second kappa shape index (κ2) is 4.61. The third-order valence-electron chi connectivity index (χ3n) is 3.73. The average Bonchev–Trinajstić information content (AvgIpc) is 2.25. The van der Waals surface area contributed by atoms with Crippen molar-refractivity contribution in [2.24, 2.45) is 5.92 Å². The first-order valence-electron chi connectivity index (χ1n) is 6.69. The number of anilines is 1. The Morgan fingerprint density at radius 3 is 2.74 bits per heavy atom. The molecule has 1 N–H and O–H groups in total. The Balaban J connectivity index is 1.90. The lowest BCUT2D eigenvalue weighted by atomic mass is 9.85. The van der Waals surface area contributed by atoms with Gasteiger partial charge in [0.1, 0.15) is 5.82 Å². The highest BCUT2D eigenvalue weighted by Gasteiger charge is 2.25. The van der Waals surface area contributed by atoms with E-state index in [0.29, 0.717) is 11.5 Å². The van der Waals surface area contributed by atoms with E-state index in [2.05, 4.69) is 15.3 Å². The van der Waals surface area contributed by atoms with Crippen LogP contribution in [0.2, 0.25) is 0 Å². The van der Waals surface area contributed by atoms with E-state index in [0.717, 1.165) is 35.9 Å². The zero-order valence-electron chi connectivity index (χ0n) is 11.2. The first-order valence-corrected chi connectivity index (χ1v) is 6.69. The molecular formula is C15H17N3O. The van der Waals surface area contributed by atoms with Crippen molar-refractivity contribution in [1.29, 1.82) is 0 Å². The van der Waals surface area contributed by atoms with Gasteiger partial charge in [-0.1, -0.05) is 6.42 Å². The van der Waals surface area contributed by atoms with E-state index in [1.807, 2.05) is 32.0 Å². The summed E-state index contributed by atoms with van der Waals surface area (Å²) in [6.45, 7) is 4.00. The Kier molecular flexibility index (Phi) is 2.93. The van der Waals surface area contributed by atoms with Crippen LogP contribution in [0.15, 0.2) is 18.2 Å². The van der Waals surface area contributed by atoms with Crippen molar-refractivity contribution in [3.8, 4) is 0 Å². The van der Waals surface area contributed by atoms with Crippen LogP contribution in [-0.2, 0) is 4.79 Å². The van der Waals surface area contributed by atoms with E-state index >= 15 is 0 Å². The van der Waals surface area contributed by atoms with Crippen LogP contribution >= 0.6 is 0 Å². The van der Waals surface area contributed by atoms with Crippen molar-refractivity contribution in [3.63, 3.8) is 0 Å². The molecule has 4 heteroatoms. The molecule has 0 aliphatic heterocycles. The van der Waals surface area contributed by atoms with Gasteiger partial charge < -0.3 is 5.32 Å². The second-order valence-corrected chi connectivity index (χ2v) is 5.27. The lowest BCUT2D eigenvalue weighted by Gasteiger charge is -2.23. The number of aromatic nitrogens is 2. The smallest absolute Gasteiger partial charge is 0.228 e. The number of carbonyl (C=O) groups is 1. The lowest BCUT2D eigenvalue weighted by Crippen LogP contribution is -2.28. The molecule has 4 nitrogen and oxygen atoms in total. The molecule has 2 aromatic rings. The van der Waals surface area contributed by atoms with Crippen LogP contribution in [-0.4, -0.2) is 15.9 Å². The predicted molar refractivity (Wildman–Crippen MR) is 75.0 cm³/mol. The van der Waals surface area contributed by atoms with Crippen molar-refractivity contribution < 1.29 is 4.79 Å². The molecule has 19 heavy (non-hydrogen) atoms. The highest BCUT2D eigenvalue weighted by molar-refractivity contribution is 5.93. The van der Waals surface area contributed by atoms with Gasteiger partial charge in [0.2, 0.25) is 5.91 Å². The van der Waals surface area contributed by atoms with Crippen LogP contribution in [0, 0.1) is 19.8 Å². The van der Waals surface area contributed by atoms with Gasteiger partial charge >= 0.3 is 0 Å². The summed E-state index contributed by atoms with van der Waals surface area (Å²) in [5.74, 6) is 0.856. The summed E-state index contributed by atoms with van der Waals surface area (Å²) in [6.07, 6.45) is 3.15. The van der Waals surface area contributed by atoms with E-state index in [1.54, 1.807) is 0 Å². The minimum absolute atomic E-state index is 0.0856. The Morgan fingerprint density at radius 2 is 2.05 bits per heavy atom. The van der Waals surface area contributed by atoms with Crippen molar-refractivity contribution in [3.05, 3.63) is 29.5 Å². The molecule has 0 saturated heterocycles. The summed E-state index contributed by atoms with van der Waals surface area (Å²) in [4.78, 5) is 20.7. The summed E-state index contributed by atoms with van der Waals surface area (Å²) in [5.41, 5.74) is 2.80. The molecule has 0 bridgehead atoms. The first kappa shape index (κ1) is 12.1. The summed E-state index contributed by atoms with van der Waals surface area (Å²) < 4.78 is 0. The molecule has 1 fully saturated rings. The summed E-state index contributed by atoms with van der Waals surface area (Å²) >= 11 is 0. The number of hydrogen-bond acceptors (Lipinski definition) is 3. The first-order chi connectivity index (χ1) is 9.13. The summed E-state index contributed by atoms with van der Waals surface area (Å²) in [6, 6.07) is 5.86.